The van der Waals surface area contributed by atoms with E-state index < -0.39 is 5.60 Å². The molecular weight excluding hydrogens is 360 g/mol. The largest absolute Gasteiger partial charge is 0.383 e. The molecule has 1 atom stereocenters. The number of aliphatic imine (C=N–C) groups is 1. The van der Waals surface area contributed by atoms with Gasteiger partial charge in [0.25, 0.3) is 0 Å². The van der Waals surface area contributed by atoms with Gasteiger partial charge in [0, 0.05) is 37.4 Å². The van der Waals surface area contributed by atoms with Gasteiger partial charge in [-0.1, -0.05) is 12.5 Å². The summed E-state index contributed by atoms with van der Waals surface area (Å²) in [5, 5.41) is 27.9. The van der Waals surface area contributed by atoms with Crippen LogP contribution in [0.3, 0.4) is 0 Å². The predicted octanol–water partition coefficient (Wildman–Crippen LogP) is 2.07. The van der Waals surface area contributed by atoms with Crippen molar-refractivity contribution in [2.24, 2.45) is 4.99 Å². The minimum Gasteiger partial charge on any atom is -0.383 e. The Kier molecular flexibility index (Phi) is 6.84. The van der Waals surface area contributed by atoms with Crippen LogP contribution in [0.1, 0.15) is 49.6 Å². The molecule has 2 aromatic heterocycles. The third-order valence-electron chi connectivity index (χ3n) is 4.77. The Morgan fingerprint density at radius 1 is 1.33 bits per heavy atom. The zero-order valence-electron chi connectivity index (χ0n) is 16.2. The molecule has 148 valence electrons. The zero-order valence-corrected chi connectivity index (χ0v) is 17.1. The van der Waals surface area contributed by atoms with Crippen LogP contribution in [0, 0.1) is 0 Å². The van der Waals surface area contributed by atoms with Crippen molar-refractivity contribution in [2.75, 3.05) is 19.6 Å². The first-order valence-electron chi connectivity index (χ1n) is 9.79. The Bertz CT molecular complexity index is 737. The first-order valence-corrected chi connectivity index (χ1v) is 10.7. The van der Waals surface area contributed by atoms with E-state index in [1.54, 1.807) is 18.3 Å². The summed E-state index contributed by atoms with van der Waals surface area (Å²) in [5.41, 5.74) is -0.957. The molecule has 2 aromatic rings. The van der Waals surface area contributed by atoms with Gasteiger partial charge < -0.3 is 20.3 Å². The highest BCUT2D eigenvalue weighted by Crippen LogP contribution is 2.25. The van der Waals surface area contributed by atoms with Crippen molar-refractivity contribution in [1.82, 2.24) is 25.4 Å². The molecule has 0 fully saturated rings. The van der Waals surface area contributed by atoms with Crippen molar-refractivity contribution in [2.45, 2.75) is 58.1 Å². The van der Waals surface area contributed by atoms with E-state index in [1.807, 2.05) is 24.4 Å². The van der Waals surface area contributed by atoms with E-state index in [0.717, 1.165) is 49.0 Å². The lowest BCUT2D eigenvalue weighted by Crippen LogP contribution is -2.39. The van der Waals surface area contributed by atoms with Gasteiger partial charge in [0.15, 0.2) is 5.96 Å². The van der Waals surface area contributed by atoms with Crippen LogP contribution in [0.4, 0.5) is 0 Å². The highest BCUT2D eigenvalue weighted by Gasteiger charge is 2.24. The molecule has 0 saturated heterocycles. The summed E-state index contributed by atoms with van der Waals surface area (Å²) >= 11 is 1.55. The molecule has 1 unspecified atom stereocenters. The van der Waals surface area contributed by atoms with Gasteiger partial charge in [0.05, 0.1) is 6.54 Å². The van der Waals surface area contributed by atoms with Gasteiger partial charge in [-0.3, -0.25) is 0 Å². The summed E-state index contributed by atoms with van der Waals surface area (Å²) in [4.78, 5) is 5.50. The monoisotopic (exact) mass is 390 g/mol. The van der Waals surface area contributed by atoms with Gasteiger partial charge in [-0.2, -0.15) is 0 Å². The summed E-state index contributed by atoms with van der Waals surface area (Å²) < 4.78 is 2.28. The Morgan fingerprint density at radius 2 is 2.22 bits per heavy atom. The molecule has 0 radical (unpaired) electrons. The van der Waals surface area contributed by atoms with Crippen molar-refractivity contribution in [3.05, 3.63) is 34.0 Å². The fraction of sp³-hybridized carbons (Fsp3) is 0.632. The van der Waals surface area contributed by atoms with Crippen LogP contribution < -0.4 is 10.6 Å². The number of thiophene rings is 1. The molecule has 0 bridgehead atoms. The number of aliphatic hydroxyl groups is 1. The number of nitrogens with zero attached hydrogens (tertiary/aromatic N) is 4. The Balaban J connectivity index is 1.56. The number of guanidine groups is 1. The zero-order chi connectivity index (χ0) is 19.1. The maximum Gasteiger partial charge on any atom is 0.191 e. The van der Waals surface area contributed by atoms with E-state index in [9.17, 15) is 5.11 Å². The lowest BCUT2D eigenvalue weighted by atomic mass is 10.1. The molecule has 0 amide bonds. The molecule has 3 heterocycles. The summed E-state index contributed by atoms with van der Waals surface area (Å²) in [6.07, 6.45) is 5.51. The quantitative estimate of drug-likeness (QED) is 0.498. The van der Waals surface area contributed by atoms with Crippen LogP contribution in [0.25, 0.3) is 0 Å². The second kappa shape index (κ2) is 9.32. The topological polar surface area (TPSA) is 87.4 Å². The van der Waals surface area contributed by atoms with E-state index in [4.69, 9.17) is 0 Å². The lowest BCUT2D eigenvalue weighted by Gasteiger charge is -2.20. The number of nitrogens with one attached hydrogen (secondary N) is 2. The van der Waals surface area contributed by atoms with E-state index in [0.29, 0.717) is 12.5 Å². The molecule has 8 heteroatoms. The number of rotatable bonds is 7. The second-order valence-electron chi connectivity index (χ2n) is 7.12. The number of hydrogen-bond acceptors (Lipinski definition) is 5. The SMILES string of the molecule is CCNC(=NCC(C)(O)c1cccs1)NCCc1nnc2n1CCCCC2. The predicted molar refractivity (Wildman–Crippen MR) is 109 cm³/mol. The van der Waals surface area contributed by atoms with Crippen molar-refractivity contribution in [1.29, 1.82) is 0 Å². The van der Waals surface area contributed by atoms with E-state index in [-0.39, 0.29) is 0 Å². The van der Waals surface area contributed by atoms with Crippen LogP contribution in [-0.2, 0) is 25.0 Å². The van der Waals surface area contributed by atoms with Gasteiger partial charge in [-0.25, -0.2) is 4.99 Å². The molecule has 1 aliphatic rings. The average Bonchev–Trinajstić information content (AvgIpc) is 3.26. The number of hydrogen-bond donors (Lipinski definition) is 3. The van der Waals surface area contributed by atoms with E-state index in [1.165, 1.54) is 19.3 Å². The van der Waals surface area contributed by atoms with Crippen molar-refractivity contribution in [3.8, 4) is 0 Å². The van der Waals surface area contributed by atoms with Crippen LogP contribution in [-0.4, -0.2) is 45.5 Å². The second-order valence-corrected chi connectivity index (χ2v) is 8.07. The maximum absolute atomic E-state index is 10.7. The van der Waals surface area contributed by atoms with Gasteiger partial charge in [-0.05, 0) is 38.1 Å². The van der Waals surface area contributed by atoms with E-state index in [2.05, 4.69) is 30.4 Å². The third-order valence-corrected chi connectivity index (χ3v) is 5.89. The molecule has 0 aliphatic carbocycles. The Morgan fingerprint density at radius 3 is 3.00 bits per heavy atom. The van der Waals surface area contributed by atoms with Crippen LogP contribution in [0.2, 0.25) is 0 Å². The molecule has 27 heavy (non-hydrogen) atoms. The molecule has 0 saturated carbocycles. The third kappa shape index (κ3) is 5.29. The number of fused-ring (bicyclic) bond motifs is 1. The van der Waals surface area contributed by atoms with Crippen LogP contribution in [0.5, 0.6) is 0 Å². The summed E-state index contributed by atoms with van der Waals surface area (Å²) in [7, 11) is 0. The fourth-order valence-electron chi connectivity index (χ4n) is 3.26. The average molecular weight is 391 g/mol. The highest BCUT2D eigenvalue weighted by atomic mass is 32.1. The minimum atomic E-state index is -0.957. The highest BCUT2D eigenvalue weighted by molar-refractivity contribution is 7.10. The molecule has 0 aromatic carbocycles. The van der Waals surface area contributed by atoms with Crippen molar-refractivity contribution >= 4 is 17.3 Å². The Hall–Kier alpha value is -1.93. The van der Waals surface area contributed by atoms with Gasteiger partial charge in [0.2, 0.25) is 0 Å². The van der Waals surface area contributed by atoms with Gasteiger partial charge in [0.1, 0.15) is 17.2 Å². The minimum absolute atomic E-state index is 0.309. The summed E-state index contributed by atoms with van der Waals surface area (Å²) in [5.74, 6) is 2.88. The first kappa shape index (κ1) is 19.8. The molecule has 0 spiro atoms. The van der Waals surface area contributed by atoms with Gasteiger partial charge in [-0.15, -0.1) is 21.5 Å². The van der Waals surface area contributed by atoms with Crippen molar-refractivity contribution < 1.29 is 5.11 Å². The lowest BCUT2D eigenvalue weighted by molar-refractivity contribution is 0.0711. The summed E-state index contributed by atoms with van der Waals surface area (Å²) in [6.45, 7) is 6.67. The Labute approximate surface area is 164 Å². The number of aromatic nitrogens is 3. The van der Waals surface area contributed by atoms with Crippen LogP contribution >= 0.6 is 11.3 Å². The fourth-order valence-corrected chi connectivity index (χ4v) is 4.04. The number of aryl methyl sites for hydroxylation is 1. The molecule has 7 nitrogen and oxygen atoms in total. The van der Waals surface area contributed by atoms with E-state index >= 15 is 0 Å². The standard InChI is InChI=1S/C19H30N6OS/c1-3-20-18(22-14-19(2,26)15-8-7-13-27-15)21-11-10-17-24-23-16-9-5-4-6-12-25(16)17/h7-8,13,26H,3-6,9-12,14H2,1-2H3,(H2,20,21,22). The van der Waals surface area contributed by atoms with Gasteiger partial charge >= 0.3 is 0 Å². The normalized spacial score (nSPS) is 17.1. The molecule has 1 aliphatic heterocycles. The smallest absolute Gasteiger partial charge is 0.191 e. The molecule has 3 rings (SSSR count). The summed E-state index contributed by atoms with van der Waals surface area (Å²) in [6, 6.07) is 3.89. The van der Waals surface area contributed by atoms with Crippen LogP contribution in [0.15, 0.2) is 22.5 Å². The molecular formula is C19H30N6OS. The molecule has 3 N–H and O–H groups in total. The first-order chi connectivity index (χ1) is 13.1. The maximum atomic E-state index is 10.7. The van der Waals surface area contributed by atoms with Crippen molar-refractivity contribution in [3.63, 3.8) is 0 Å².